The molecule has 0 atom stereocenters. The summed E-state index contributed by atoms with van der Waals surface area (Å²) in [5.41, 5.74) is 0. The molecule has 0 aliphatic rings. The Balaban J connectivity index is -0.000000403. The number of carbonyl (C=O) groups excluding carboxylic acids is 8. The third kappa shape index (κ3) is 66.4. The van der Waals surface area contributed by atoms with E-state index in [0.717, 1.165) is 0 Å². The zero-order chi connectivity index (χ0) is 51.7. The number of hydrogen-bond donors (Lipinski definition) is 4. The van der Waals surface area contributed by atoms with Crippen molar-refractivity contribution in [3.63, 3.8) is 0 Å². The minimum Gasteiger partial charge on any atom is -0.385 e. The Morgan fingerprint density at radius 1 is 0.324 bits per heavy atom. The van der Waals surface area contributed by atoms with Crippen molar-refractivity contribution in [2.45, 2.75) is 73.1 Å². The van der Waals surface area contributed by atoms with Gasteiger partial charge < -0.3 is 73.4 Å². The highest BCUT2D eigenvalue weighted by Gasteiger charge is 2.08. The molecular formula is C45H86N4O19. The van der Waals surface area contributed by atoms with Crippen LogP contribution in [-0.4, -0.2) is 220 Å². The fourth-order valence-corrected chi connectivity index (χ4v) is 4.23. The van der Waals surface area contributed by atoms with E-state index in [1.165, 1.54) is 6.92 Å². The predicted octanol–water partition coefficient (Wildman–Crippen LogP) is 0.199. The van der Waals surface area contributed by atoms with Gasteiger partial charge in [0.25, 0.3) is 0 Å². The zero-order valence-corrected chi connectivity index (χ0v) is 42.3. The maximum Gasteiger partial charge on any atom is 0.246 e. The number of rotatable bonds is 44. The summed E-state index contributed by atoms with van der Waals surface area (Å²) in [6.45, 7) is 16.7. The number of nitrogens with one attached hydrogen (secondary N) is 4. The fraction of sp³-hybridized carbons (Fsp3) is 0.822. The van der Waals surface area contributed by atoms with Crippen LogP contribution < -0.4 is 21.3 Å². The summed E-state index contributed by atoms with van der Waals surface area (Å²) in [6.07, 6.45) is 3.28. The molecule has 0 bridgehead atoms. The summed E-state index contributed by atoms with van der Waals surface area (Å²) in [6, 6.07) is 0. The Morgan fingerprint density at radius 2 is 0.544 bits per heavy atom. The number of ketones is 4. The van der Waals surface area contributed by atoms with E-state index in [0.29, 0.717) is 138 Å². The van der Waals surface area contributed by atoms with Gasteiger partial charge in [-0.2, -0.15) is 0 Å². The van der Waals surface area contributed by atoms with Crippen LogP contribution in [0.15, 0.2) is 0 Å². The van der Waals surface area contributed by atoms with Gasteiger partial charge in [-0.3, -0.25) is 38.4 Å². The fourth-order valence-electron chi connectivity index (χ4n) is 4.23. The van der Waals surface area contributed by atoms with Crippen LogP contribution in [0.2, 0.25) is 0 Å². The maximum atomic E-state index is 11.3. The second-order valence-electron chi connectivity index (χ2n) is 13.7. The van der Waals surface area contributed by atoms with Crippen molar-refractivity contribution in [2.24, 2.45) is 0 Å². The number of hydrogen-bond acceptors (Lipinski definition) is 19. The summed E-state index contributed by atoms with van der Waals surface area (Å²) < 4.78 is 54.8. The summed E-state index contributed by atoms with van der Waals surface area (Å²) in [4.78, 5) is 89.1. The van der Waals surface area contributed by atoms with Gasteiger partial charge in [0.15, 0.2) is 17.3 Å². The second-order valence-corrected chi connectivity index (χ2v) is 13.7. The smallest absolute Gasteiger partial charge is 0.246 e. The Kier molecular flexibility index (Phi) is 61.6. The topological polar surface area (TPSA) is 286 Å². The van der Waals surface area contributed by atoms with Crippen molar-refractivity contribution in [1.82, 2.24) is 21.3 Å². The number of amides is 4. The SMILES string of the molecule is CCOCCOCC(=O)NCC(=O)CCCOC.CCOCCOCC(=O)NCC(=O)CCCOC.CCOCCOCC(=O)NCC(=O)CCCOC.CCOCCOCC(=O)NCC(C)=O. The van der Waals surface area contributed by atoms with Gasteiger partial charge in [-0.15, -0.1) is 0 Å². The summed E-state index contributed by atoms with van der Waals surface area (Å²) >= 11 is 0. The van der Waals surface area contributed by atoms with Gasteiger partial charge in [0.2, 0.25) is 23.6 Å². The van der Waals surface area contributed by atoms with Gasteiger partial charge >= 0.3 is 0 Å². The third-order valence-electron chi connectivity index (χ3n) is 7.63. The molecule has 0 fully saturated rings. The van der Waals surface area contributed by atoms with Crippen molar-refractivity contribution in [1.29, 1.82) is 0 Å². The van der Waals surface area contributed by atoms with Gasteiger partial charge in [-0.05, 0) is 53.9 Å². The normalized spacial score (nSPS) is 10.2. The molecule has 0 aromatic rings. The van der Waals surface area contributed by atoms with E-state index in [4.69, 9.17) is 52.1 Å². The lowest BCUT2D eigenvalue weighted by Gasteiger charge is -2.06. The summed E-state index contributed by atoms with van der Waals surface area (Å²) in [5, 5.41) is 9.93. The molecule has 23 nitrogen and oxygen atoms in total. The van der Waals surface area contributed by atoms with Crippen molar-refractivity contribution < 1.29 is 90.5 Å². The Bertz CT molecular complexity index is 1130. The molecule has 0 saturated heterocycles. The molecule has 23 heteroatoms. The van der Waals surface area contributed by atoms with Gasteiger partial charge in [0, 0.05) is 86.8 Å². The Hall–Kier alpha value is -3.88. The highest BCUT2D eigenvalue weighted by molar-refractivity contribution is 5.88. The molecule has 0 aliphatic heterocycles. The van der Waals surface area contributed by atoms with E-state index in [9.17, 15) is 38.4 Å². The first-order valence-corrected chi connectivity index (χ1v) is 23.0. The molecule has 0 rings (SSSR count). The Labute approximate surface area is 404 Å². The number of carbonyl (C=O) groups is 8. The molecule has 400 valence electrons. The van der Waals surface area contributed by atoms with Crippen LogP contribution in [-0.2, 0) is 90.5 Å². The summed E-state index contributed by atoms with van der Waals surface area (Å²) in [5.74, 6) is -1.23. The van der Waals surface area contributed by atoms with Crippen LogP contribution in [0.3, 0.4) is 0 Å². The summed E-state index contributed by atoms with van der Waals surface area (Å²) in [7, 11) is 4.77. The van der Waals surface area contributed by atoms with Gasteiger partial charge in [-0.1, -0.05) is 0 Å². The van der Waals surface area contributed by atoms with Crippen molar-refractivity contribution >= 4 is 46.8 Å². The van der Waals surface area contributed by atoms with Crippen LogP contribution in [0, 0.1) is 0 Å². The van der Waals surface area contributed by atoms with Crippen LogP contribution in [0.5, 0.6) is 0 Å². The lowest BCUT2D eigenvalue weighted by molar-refractivity contribution is -0.129. The molecule has 4 amide bonds. The van der Waals surface area contributed by atoms with Crippen molar-refractivity contribution in [3.8, 4) is 0 Å². The molecule has 4 N–H and O–H groups in total. The Morgan fingerprint density at radius 3 is 0.750 bits per heavy atom. The standard InChI is InChI=1S/3C12H23NO5.C9H17NO4/c3*1-3-17-7-8-18-10-12(15)13-9-11(14)5-4-6-16-2;1-3-13-4-5-14-7-9(12)10-6-8(2)11/h3*3-10H2,1-2H3,(H,13,15);3-7H2,1-2H3,(H,10,12). The van der Waals surface area contributed by atoms with Crippen LogP contribution in [0.25, 0.3) is 0 Å². The first-order chi connectivity index (χ1) is 32.8. The van der Waals surface area contributed by atoms with Crippen LogP contribution in [0.4, 0.5) is 0 Å². The van der Waals surface area contributed by atoms with E-state index >= 15 is 0 Å². The molecule has 0 radical (unpaired) electrons. The highest BCUT2D eigenvalue weighted by Crippen LogP contribution is 1.93. The molecule has 0 spiro atoms. The number of ether oxygens (including phenoxy) is 11. The molecule has 0 aromatic heterocycles. The number of methoxy groups -OCH3 is 3. The molecule has 68 heavy (non-hydrogen) atoms. The lowest BCUT2D eigenvalue weighted by atomic mass is 10.2. The zero-order valence-electron chi connectivity index (χ0n) is 42.3. The van der Waals surface area contributed by atoms with E-state index in [1.54, 1.807) is 21.3 Å². The molecule has 0 aliphatic carbocycles. The molecule has 0 unspecified atom stereocenters. The minimum atomic E-state index is -0.286. The lowest BCUT2D eigenvalue weighted by Crippen LogP contribution is -2.32. The quantitative estimate of drug-likeness (QED) is 0.0593. The maximum absolute atomic E-state index is 11.3. The average Bonchev–Trinajstić information content (AvgIpc) is 3.32. The van der Waals surface area contributed by atoms with Gasteiger partial charge in [0.1, 0.15) is 32.2 Å². The highest BCUT2D eigenvalue weighted by atomic mass is 16.5. The van der Waals surface area contributed by atoms with Crippen LogP contribution in [0.1, 0.15) is 73.1 Å². The predicted molar refractivity (Wildman–Crippen MR) is 250 cm³/mol. The first kappa shape index (κ1) is 70.7. The average molecular weight is 987 g/mol. The largest absolute Gasteiger partial charge is 0.385 e. The van der Waals surface area contributed by atoms with Gasteiger partial charge in [0.05, 0.1) is 79.0 Å². The van der Waals surface area contributed by atoms with E-state index in [1.807, 2.05) is 27.7 Å². The van der Waals surface area contributed by atoms with Crippen molar-refractivity contribution in [3.05, 3.63) is 0 Å². The number of Topliss-reactive ketones (excluding diaryl/α,β-unsaturated/α-hetero) is 4. The van der Waals surface area contributed by atoms with Crippen molar-refractivity contribution in [2.75, 3.05) is 173 Å². The second kappa shape index (κ2) is 59.2. The van der Waals surface area contributed by atoms with Crippen LogP contribution >= 0.6 is 0 Å². The molecule has 0 heterocycles. The first-order valence-electron chi connectivity index (χ1n) is 23.0. The third-order valence-corrected chi connectivity index (χ3v) is 7.63. The van der Waals surface area contributed by atoms with E-state index in [-0.39, 0.29) is 99.4 Å². The molecule has 0 saturated carbocycles. The molecular weight excluding hydrogens is 901 g/mol. The van der Waals surface area contributed by atoms with E-state index in [2.05, 4.69) is 21.3 Å². The van der Waals surface area contributed by atoms with E-state index < -0.39 is 0 Å². The molecule has 0 aromatic carbocycles. The monoisotopic (exact) mass is 987 g/mol. The minimum absolute atomic E-state index is 0.00489. The van der Waals surface area contributed by atoms with Gasteiger partial charge in [-0.25, -0.2) is 0 Å².